The van der Waals surface area contributed by atoms with E-state index in [1.165, 1.54) is 0 Å². The van der Waals surface area contributed by atoms with E-state index in [2.05, 4.69) is 12.2 Å². The monoisotopic (exact) mass is 260 g/mol. The van der Waals surface area contributed by atoms with Crippen LogP contribution in [0.2, 0.25) is 0 Å². The summed E-state index contributed by atoms with van der Waals surface area (Å²) in [5.41, 5.74) is -0.172. The molecule has 0 aromatic rings. The number of hydrogen-bond acceptors (Lipinski definition) is 3. The van der Waals surface area contributed by atoms with Gasteiger partial charge >= 0.3 is 0 Å². The first-order valence-electron chi connectivity index (χ1n) is 6.41. The van der Waals surface area contributed by atoms with Crippen molar-refractivity contribution in [3.8, 4) is 0 Å². The molecule has 0 bridgehead atoms. The van der Waals surface area contributed by atoms with Gasteiger partial charge in [0.2, 0.25) is 10.0 Å². The lowest BCUT2D eigenvalue weighted by molar-refractivity contribution is 0.350. The van der Waals surface area contributed by atoms with Crippen molar-refractivity contribution in [3.63, 3.8) is 0 Å². The second-order valence-corrected chi connectivity index (χ2v) is 8.63. The van der Waals surface area contributed by atoms with Crippen molar-refractivity contribution in [1.82, 2.24) is 9.62 Å². The van der Waals surface area contributed by atoms with E-state index in [-0.39, 0.29) is 17.2 Å². The predicted octanol–water partition coefficient (Wildman–Crippen LogP) is 0.902. The third-order valence-electron chi connectivity index (χ3n) is 3.85. The summed E-state index contributed by atoms with van der Waals surface area (Å²) in [7, 11) is -3.10. The van der Waals surface area contributed by atoms with Crippen molar-refractivity contribution in [1.29, 1.82) is 0 Å². The first-order chi connectivity index (χ1) is 7.71. The van der Waals surface area contributed by atoms with E-state index in [1.807, 2.05) is 20.8 Å². The van der Waals surface area contributed by atoms with Crippen molar-refractivity contribution in [3.05, 3.63) is 0 Å². The smallest absolute Gasteiger partial charge is 0.214 e. The van der Waals surface area contributed by atoms with Gasteiger partial charge in [0.1, 0.15) is 0 Å². The van der Waals surface area contributed by atoms with Gasteiger partial charge in [-0.1, -0.05) is 20.8 Å². The fourth-order valence-corrected chi connectivity index (χ4v) is 5.47. The largest absolute Gasteiger partial charge is 0.316 e. The van der Waals surface area contributed by atoms with Gasteiger partial charge < -0.3 is 5.32 Å². The van der Waals surface area contributed by atoms with Gasteiger partial charge in [-0.2, -0.15) is 4.31 Å². The summed E-state index contributed by atoms with van der Waals surface area (Å²) in [4.78, 5) is 0. The third-order valence-corrected chi connectivity index (χ3v) is 6.28. The Morgan fingerprint density at radius 1 is 1.29 bits per heavy atom. The zero-order valence-corrected chi connectivity index (χ0v) is 12.0. The van der Waals surface area contributed by atoms with Crippen molar-refractivity contribution in [2.45, 2.75) is 33.7 Å². The molecule has 0 spiro atoms. The van der Waals surface area contributed by atoms with Crippen LogP contribution >= 0.6 is 0 Å². The summed E-state index contributed by atoms with van der Waals surface area (Å²) in [5.74, 6) is 1.27. The van der Waals surface area contributed by atoms with Crippen LogP contribution in [0.5, 0.6) is 0 Å². The van der Waals surface area contributed by atoms with E-state index in [0.717, 1.165) is 13.1 Å². The number of rotatable bonds is 2. The normalized spacial score (nSPS) is 35.2. The summed E-state index contributed by atoms with van der Waals surface area (Å²) in [6.45, 7) is 10.6. The first-order valence-corrected chi connectivity index (χ1v) is 8.02. The predicted molar refractivity (Wildman–Crippen MR) is 69.3 cm³/mol. The highest BCUT2D eigenvalue weighted by molar-refractivity contribution is 7.89. The molecule has 2 heterocycles. The Balaban J connectivity index is 2.13. The van der Waals surface area contributed by atoms with Crippen molar-refractivity contribution in [2.24, 2.45) is 17.3 Å². The summed E-state index contributed by atoms with van der Waals surface area (Å²) < 4.78 is 26.5. The molecule has 3 unspecified atom stereocenters. The average Bonchev–Trinajstić information content (AvgIpc) is 2.64. The van der Waals surface area contributed by atoms with E-state index in [1.54, 1.807) is 4.31 Å². The van der Waals surface area contributed by atoms with Crippen LogP contribution in [0.1, 0.15) is 27.7 Å². The standard InChI is InChI=1S/C12H24N2O2S/c1-9-11-6-13-5-10(11)7-14(9)17(15,16)8-12(2,3)4/h9-11,13H,5-8H2,1-4H3. The minimum Gasteiger partial charge on any atom is -0.316 e. The molecule has 0 radical (unpaired) electrons. The molecule has 3 atom stereocenters. The molecule has 0 amide bonds. The highest BCUT2D eigenvalue weighted by Crippen LogP contribution is 2.35. The van der Waals surface area contributed by atoms with Crippen molar-refractivity contribution in [2.75, 3.05) is 25.4 Å². The Morgan fingerprint density at radius 3 is 2.47 bits per heavy atom. The molecule has 0 saturated carbocycles. The highest BCUT2D eigenvalue weighted by atomic mass is 32.2. The van der Waals surface area contributed by atoms with E-state index in [9.17, 15) is 8.42 Å². The number of nitrogens with one attached hydrogen (secondary N) is 1. The number of fused-ring (bicyclic) bond motifs is 1. The van der Waals surface area contributed by atoms with Crippen LogP contribution in [-0.2, 0) is 10.0 Å². The van der Waals surface area contributed by atoms with E-state index >= 15 is 0 Å². The summed E-state index contributed by atoms with van der Waals surface area (Å²) in [6, 6.07) is 0.155. The van der Waals surface area contributed by atoms with Gasteiger partial charge in [0.25, 0.3) is 0 Å². The SMILES string of the molecule is CC1C2CNCC2CN1S(=O)(=O)CC(C)(C)C. The van der Waals surface area contributed by atoms with Gasteiger partial charge in [-0.05, 0) is 37.3 Å². The molecule has 4 nitrogen and oxygen atoms in total. The van der Waals surface area contributed by atoms with Gasteiger partial charge in [0.15, 0.2) is 0 Å². The van der Waals surface area contributed by atoms with E-state index < -0.39 is 10.0 Å². The average molecular weight is 260 g/mol. The second-order valence-electron chi connectivity index (χ2n) is 6.71. The molecule has 0 aromatic carbocycles. The molecule has 0 aliphatic carbocycles. The Bertz CT molecular complexity index is 386. The maximum absolute atomic E-state index is 12.4. The summed E-state index contributed by atoms with van der Waals surface area (Å²) >= 11 is 0. The lowest BCUT2D eigenvalue weighted by Crippen LogP contribution is -2.41. The minimum absolute atomic E-state index is 0.155. The Hall–Kier alpha value is -0.130. The number of sulfonamides is 1. The quantitative estimate of drug-likeness (QED) is 0.802. The van der Waals surface area contributed by atoms with Gasteiger partial charge in [-0.3, -0.25) is 0 Å². The summed E-state index contributed by atoms with van der Waals surface area (Å²) in [6.07, 6.45) is 0. The zero-order chi connectivity index (χ0) is 12.8. The lowest BCUT2D eigenvalue weighted by Gasteiger charge is -2.27. The molecular formula is C12H24N2O2S. The molecule has 100 valence electrons. The Kier molecular flexibility index (Phi) is 3.30. The van der Waals surface area contributed by atoms with E-state index in [4.69, 9.17) is 0 Å². The molecular weight excluding hydrogens is 236 g/mol. The summed E-state index contributed by atoms with van der Waals surface area (Å²) in [5, 5.41) is 3.35. The first kappa shape index (κ1) is 13.3. The maximum Gasteiger partial charge on any atom is 0.214 e. The fourth-order valence-electron chi connectivity index (χ4n) is 3.13. The third kappa shape index (κ3) is 2.66. The number of hydrogen-bond donors (Lipinski definition) is 1. The molecule has 5 heteroatoms. The van der Waals surface area contributed by atoms with Gasteiger partial charge in [0, 0.05) is 12.6 Å². The minimum atomic E-state index is -3.10. The van der Waals surface area contributed by atoms with Crippen LogP contribution < -0.4 is 5.32 Å². The zero-order valence-electron chi connectivity index (χ0n) is 11.2. The number of nitrogens with zero attached hydrogens (tertiary/aromatic N) is 1. The maximum atomic E-state index is 12.4. The highest BCUT2D eigenvalue weighted by Gasteiger charge is 2.46. The molecule has 2 rings (SSSR count). The van der Waals surface area contributed by atoms with Gasteiger partial charge in [0.05, 0.1) is 5.75 Å². The molecule has 17 heavy (non-hydrogen) atoms. The topological polar surface area (TPSA) is 49.4 Å². The molecule has 2 aliphatic rings. The fraction of sp³-hybridized carbons (Fsp3) is 1.00. The van der Waals surface area contributed by atoms with Crippen molar-refractivity contribution < 1.29 is 8.42 Å². The van der Waals surface area contributed by atoms with Crippen LogP contribution in [0, 0.1) is 17.3 Å². The van der Waals surface area contributed by atoms with Crippen LogP contribution in [0.3, 0.4) is 0 Å². The van der Waals surface area contributed by atoms with E-state index in [0.29, 0.717) is 18.4 Å². The Labute approximate surface area is 105 Å². The van der Waals surface area contributed by atoms with Crippen LogP contribution in [0.25, 0.3) is 0 Å². The van der Waals surface area contributed by atoms with Crippen molar-refractivity contribution >= 4 is 10.0 Å². The molecule has 2 saturated heterocycles. The van der Waals surface area contributed by atoms with Crippen LogP contribution in [-0.4, -0.2) is 44.2 Å². The molecule has 2 aliphatic heterocycles. The van der Waals surface area contributed by atoms with Gasteiger partial charge in [-0.25, -0.2) is 8.42 Å². The molecule has 2 fully saturated rings. The van der Waals surface area contributed by atoms with Gasteiger partial charge in [-0.15, -0.1) is 0 Å². The molecule has 0 aromatic heterocycles. The van der Waals surface area contributed by atoms with Crippen LogP contribution in [0.4, 0.5) is 0 Å². The second kappa shape index (κ2) is 4.21. The van der Waals surface area contributed by atoms with Crippen LogP contribution in [0.15, 0.2) is 0 Å². The molecule has 1 N–H and O–H groups in total. The lowest BCUT2D eigenvalue weighted by atomic mass is 9.95. The Morgan fingerprint density at radius 2 is 1.94 bits per heavy atom.